The number of aromatic nitrogens is 1. The third kappa shape index (κ3) is 11.6. The molecular formula is C20H27F6N3O7S. The maximum atomic E-state index is 12.6. The largest absolute Gasteiger partial charge is 0.490 e. The van der Waals surface area contributed by atoms with Crippen molar-refractivity contribution in [3.05, 3.63) is 16.1 Å². The maximum absolute atomic E-state index is 12.6. The monoisotopic (exact) mass is 567 g/mol. The lowest BCUT2D eigenvalue weighted by Crippen LogP contribution is -2.52. The number of amides is 1. The molecule has 212 valence electrons. The van der Waals surface area contributed by atoms with E-state index in [0.717, 1.165) is 43.4 Å². The highest BCUT2D eigenvalue weighted by atomic mass is 32.1. The molecule has 3 heterocycles. The van der Waals surface area contributed by atoms with E-state index in [4.69, 9.17) is 29.3 Å². The van der Waals surface area contributed by atoms with Crippen molar-refractivity contribution in [3.8, 4) is 0 Å². The third-order valence-corrected chi connectivity index (χ3v) is 5.97. The molecule has 1 aromatic heterocycles. The number of alkyl halides is 6. The molecule has 10 nitrogen and oxygen atoms in total. The van der Waals surface area contributed by atoms with Crippen LogP contribution in [0.15, 0.2) is 5.38 Å². The molecule has 2 saturated heterocycles. The van der Waals surface area contributed by atoms with Crippen LogP contribution in [-0.2, 0) is 30.4 Å². The van der Waals surface area contributed by atoms with Gasteiger partial charge in [-0.25, -0.2) is 14.6 Å². The molecule has 3 atom stereocenters. The van der Waals surface area contributed by atoms with Gasteiger partial charge < -0.3 is 25.0 Å². The van der Waals surface area contributed by atoms with Crippen LogP contribution in [0, 0.1) is 18.8 Å². The first-order valence-electron chi connectivity index (χ1n) is 10.7. The number of thiazole rings is 1. The van der Waals surface area contributed by atoms with Gasteiger partial charge in [0, 0.05) is 51.2 Å². The maximum Gasteiger partial charge on any atom is 0.490 e. The van der Waals surface area contributed by atoms with Crippen molar-refractivity contribution in [2.45, 2.75) is 38.3 Å². The fourth-order valence-corrected chi connectivity index (χ4v) is 4.18. The number of nitrogens with one attached hydrogen (secondary N) is 1. The number of methoxy groups -OCH3 is 1. The van der Waals surface area contributed by atoms with Gasteiger partial charge in [0.25, 0.3) is 0 Å². The Morgan fingerprint density at radius 3 is 2.19 bits per heavy atom. The fraction of sp³-hybridized carbons (Fsp3) is 0.700. The van der Waals surface area contributed by atoms with Gasteiger partial charge in [0.1, 0.15) is 0 Å². The molecule has 17 heteroatoms. The van der Waals surface area contributed by atoms with Crippen LogP contribution in [0.5, 0.6) is 0 Å². The summed E-state index contributed by atoms with van der Waals surface area (Å²) in [6.07, 6.45) is -9.02. The second-order valence-corrected chi connectivity index (χ2v) is 8.97. The van der Waals surface area contributed by atoms with E-state index in [9.17, 15) is 31.1 Å². The Bertz CT molecular complexity index is 873. The summed E-state index contributed by atoms with van der Waals surface area (Å²) in [5.74, 6) is -5.06. The highest BCUT2D eigenvalue weighted by Gasteiger charge is 2.44. The fourth-order valence-electron chi connectivity index (χ4n) is 3.58. The zero-order valence-corrected chi connectivity index (χ0v) is 20.6. The third-order valence-electron chi connectivity index (χ3n) is 5.15. The van der Waals surface area contributed by atoms with Gasteiger partial charge in [0.15, 0.2) is 0 Å². The molecular weight excluding hydrogens is 540 g/mol. The Kier molecular flexibility index (Phi) is 12.7. The number of rotatable bonds is 6. The summed E-state index contributed by atoms with van der Waals surface area (Å²) in [5.41, 5.74) is 1.09. The number of halogens is 6. The number of hydrogen-bond donors (Lipinski definition) is 3. The van der Waals surface area contributed by atoms with Crippen molar-refractivity contribution in [3.63, 3.8) is 0 Å². The van der Waals surface area contributed by atoms with E-state index < -0.39 is 24.3 Å². The van der Waals surface area contributed by atoms with Crippen molar-refractivity contribution in [1.29, 1.82) is 0 Å². The van der Waals surface area contributed by atoms with Crippen molar-refractivity contribution >= 4 is 29.2 Å². The van der Waals surface area contributed by atoms with Gasteiger partial charge in [0.05, 0.1) is 29.3 Å². The quantitative estimate of drug-likeness (QED) is 0.349. The molecule has 3 N–H and O–H groups in total. The second kappa shape index (κ2) is 14.4. The molecule has 0 bridgehead atoms. The highest BCUT2D eigenvalue weighted by Crippen LogP contribution is 2.34. The van der Waals surface area contributed by atoms with Gasteiger partial charge in [-0.3, -0.25) is 9.69 Å². The van der Waals surface area contributed by atoms with Crippen LogP contribution in [0.25, 0.3) is 0 Å². The van der Waals surface area contributed by atoms with Gasteiger partial charge in [-0.2, -0.15) is 26.3 Å². The zero-order valence-electron chi connectivity index (χ0n) is 19.8. The van der Waals surface area contributed by atoms with Crippen LogP contribution < -0.4 is 5.32 Å². The summed E-state index contributed by atoms with van der Waals surface area (Å²) in [5, 5.41) is 20.4. The molecule has 2 fully saturated rings. The number of carbonyl (C=O) groups is 3. The smallest absolute Gasteiger partial charge is 0.475 e. The van der Waals surface area contributed by atoms with E-state index in [0.29, 0.717) is 19.1 Å². The molecule has 0 aromatic carbocycles. The lowest BCUT2D eigenvalue weighted by atomic mass is 9.82. The second-order valence-electron chi connectivity index (χ2n) is 7.91. The first-order chi connectivity index (χ1) is 17.1. The Morgan fingerprint density at radius 1 is 1.16 bits per heavy atom. The van der Waals surface area contributed by atoms with Crippen molar-refractivity contribution in [2.75, 3.05) is 40.0 Å². The van der Waals surface area contributed by atoms with E-state index in [1.165, 1.54) is 0 Å². The molecule has 2 aliphatic rings. The van der Waals surface area contributed by atoms with Gasteiger partial charge in [-0.15, -0.1) is 11.3 Å². The summed E-state index contributed by atoms with van der Waals surface area (Å²) in [4.78, 5) is 37.2. The normalized spacial score (nSPS) is 21.6. The minimum Gasteiger partial charge on any atom is -0.475 e. The van der Waals surface area contributed by atoms with E-state index in [-0.39, 0.29) is 17.9 Å². The average Bonchev–Trinajstić information content (AvgIpc) is 3.41. The zero-order chi connectivity index (χ0) is 28.4. The molecule has 2 aliphatic heterocycles. The summed E-state index contributed by atoms with van der Waals surface area (Å²) < 4.78 is 74.4. The molecule has 0 unspecified atom stereocenters. The summed E-state index contributed by atoms with van der Waals surface area (Å²) in [7, 11) is 1.64. The van der Waals surface area contributed by atoms with Crippen LogP contribution in [0.3, 0.4) is 0 Å². The predicted octanol–water partition coefficient (Wildman–Crippen LogP) is 2.32. The number of fused-ring (bicyclic) bond motifs is 1. The van der Waals surface area contributed by atoms with Crippen molar-refractivity contribution in [1.82, 2.24) is 15.2 Å². The minimum atomic E-state index is -5.08. The van der Waals surface area contributed by atoms with Crippen LogP contribution in [-0.4, -0.2) is 96.4 Å². The number of carbonyl (C=O) groups excluding carboxylic acids is 1. The summed E-state index contributed by atoms with van der Waals surface area (Å²) in [6, 6.07) is 0. The van der Waals surface area contributed by atoms with Crippen molar-refractivity contribution < 1.29 is 60.4 Å². The average molecular weight is 568 g/mol. The van der Waals surface area contributed by atoms with Crippen molar-refractivity contribution in [2.24, 2.45) is 11.8 Å². The van der Waals surface area contributed by atoms with E-state index in [1.54, 1.807) is 18.4 Å². The first-order valence-corrected chi connectivity index (χ1v) is 11.6. The molecule has 0 spiro atoms. The Hall–Kier alpha value is -2.50. The first kappa shape index (κ1) is 32.5. The van der Waals surface area contributed by atoms with Gasteiger partial charge in [-0.05, 0) is 13.3 Å². The summed E-state index contributed by atoms with van der Waals surface area (Å²) >= 11 is 1.67. The van der Waals surface area contributed by atoms with E-state index in [2.05, 4.69) is 20.6 Å². The van der Waals surface area contributed by atoms with Gasteiger partial charge in [-0.1, -0.05) is 0 Å². The number of ether oxygens (including phenoxy) is 2. The lowest BCUT2D eigenvalue weighted by molar-refractivity contribution is -0.193. The molecule has 1 amide bonds. The summed E-state index contributed by atoms with van der Waals surface area (Å²) in [6.45, 7) is 6.36. The molecule has 0 saturated carbocycles. The van der Waals surface area contributed by atoms with Crippen LogP contribution >= 0.6 is 11.3 Å². The lowest BCUT2D eigenvalue weighted by Gasteiger charge is -2.39. The van der Waals surface area contributed by atoms with Crippen LogP contribution in [0.2, 0.25) is 0 Å². The number of hydrogen-bond acceptors (Lipinski definition) is 8. The predicted molar refractivity (Wildman–Crippen MR) is 116 cm³/mol. The van der Waals surface area contributed by atoms with E-state index in [1.807, 2.05) is 6.92 Å². The highest BCUT2D eigenvalue weighted by molar-refractivity contribution is 7.09. The molecule has 3 rings (SSSR count). The molecule has 0 radical (unpaired) electrons. The topological polar surface area (TPSA) is 138 Å². The SMILES string of the molecule is COCCNC(=O)[C@H]1CN(Cc2csc(C)n2)C[C@H]2OCC[C@@H]12.O=C(O)C(F)(F)F.O=C(O)C(F)(F)F. The molecule has 1 aromatic rings. The number of nitrogens with zero attached hydrogens (tertiary/aromatic N) is 2. The Morgan fingerprint density at radius 2 is 1.73 bits per heavy atom. The molecule has 37 heavy (non-hydrogen) atoms. The molecule has 0 aliphatic carbocycles. The Balaban J connectivity index is 0.000000404. The number of carboxylic acid groups (broad SMARTS) is 2. The van der Waals surface area contributed by atoms with Crippen LogP contribution in [0.1, 0.15) is 17.1 Å². The number of aliphatic carboxylic acids is 2. The van der Waals surface area contributed by atoms with Gasteiger partial charge in [0.2, 0.25) is 5.91 Å². The standard InChI is InChI=1S/C16H25N3O3S.2C2HF3O2/c1-11-18-12(10-23-11)7-19-8-14(16(20)17-4-6-21-2)13-3-5-22-15(13)9-19;2*3-2(4,5)1(6)7/h10,13-15H,3-9H2,1-2H3,(H,17,20);2*(H,6,7)/t13-,14-,15+;;/m0../s1. The Labute approximate surface area is 211 Å². The minimum absolute atomic E-state index is 0.00663. The van der Waals surface area contributed by atoms with Gasteiger partial charge >= 0.3 is 24.3 Å². The number of aryl methyl sites for hydroxylation is 1. The number of piperidine rings is 1. The van der Waals surface area contributed by atoms with E-state index >= 15 is 0 Å². The number of carboxylic acids is 2. The van der Waals surface area contributed by atoms with Crippen LogP contribution in [0.4, 0.5) is 26.3 Å². The number of likely N-dealkylation sites (tertiary alicyclic amines) is 1.